The summed E-state index contributed by atoms with van der Waals surface area (Å²) in [6.07, 6.45) is -1.54. The number of hydrogen-bond donors (Lipinski definition) is 0. The van der Waals surface area contributed by atoms with E-state index in [1.165, 1.54) is 0 Å². The molecule has 0 bridgehead atoms. The summed E-state index contributed by atoms with van der Waals surface area (Å²) >= 11 is 0.717. The number of nitrogens with zero attached hydrogens (tertiary/aromatic N) is 4. The Morgan fingerprint density at radius 1 is 1.32 bits per heavy atom. The lowest BCUT2D eigenvalue weighted by Crippen LogP contribution is -2.23. The quantitative estimate of drug-likeness (QED) is 0.839. The Bertz CT molecular complexity index is 689. The minimum Gasteiger partial charge on any atom is -0.341 e. The van der Waals surface area contributed by atoms with Crippen LogP contribution in [0.2, 0.25) is 0 Å². The molecule has 0 amide bonds. The van der Waals surface area contributed by atoms with Crippen molar-refractivity contribution in [2.45, 2.75) is 38.9 Å². The number of alkyl halides is 3. The van der Waals surface area contributed by atoms with Crippen LogP contribution in [0, 0.1) is 13.8 Å². The van der Waals surface area contributed by atoms with E-state index in [0.29, 0.717) is 16.5 Å². The summed E-state index contributed by atoms with van der Waals surface area (Å²) in [7, 11) is 1.89. The highest BCUT2D eigenvalue weighted by molar-refractivity contribution is 7.15. The Morgan fingerprint density at radius 2 is 2.05 bits per heavy atom. The summed E-state index contributed by atoms with van der Waals surface area (Å²) in [6, 6.07) is 0.0564. The van der Waals surface area contributed by atoms with Crippen LogP contribution in [0.15, 0.2) is 6.20 Å². The average Bonchev–Trinajstić information content (AvgIpc) is 3.09. The fourth-order valence-corrected chi connectivity index (χ4v) is 3.96. The van der Waals surface area contributed by atoms with Crippen LogP contribution in [0.1, 0.15) is 40.7 Å². The first-order valence-electron chi connectivity index (χ1n) is 7.09. The molecule has 1 aliphatic rings. The van der Waals surface area contributed by atoms with E-state index in [1.54, 1.807) is 0 Å². The van der Waals surface area contributed by atoms with Crippen molar-refractivity contribution >= 4 is 16.5 Å². The van der Waals surface area contributed by atoms with Gasteiger partial charge >= 0.3 is 6.18 Å². The monoisotopic (exact) mass is 330 g/mol. The predicted octanol–water partition coefficient (Wildman–Crippen LogP) is 3.85. The fourth-order valence-electron chi connectivity index (χ4n) is 3.10. The maximum absolute atomic E-state index is 12.8. The van der Waals surface area contributed by atoms with Crippen molar-refractivity contribution in [3.05, 3.63) is 28.0 Å². The van der Waals surface area contributed by atoms with E-state index in [4.69, 9.17) is 0 Å². The van der Waals surface area contributed by atoms with Gasteiger partial charge in [-0.25, -0.2) is 4.98 Å². The third-order valence-electron chi connectivity index (χ3n) is 4.17. The van der Waals surface area contributed by atoms with Crippen molar-refractivity contribution in [1.29, 1.82) is 0 Å². The number of hydrogen-bond acceptors (Lipinski definition) is 4. The summed E-state index contributed by atoms with van der Waals surface area (Å²) in [4.78, 5) is 5.34. The average molecular weight is 330 g/mol. The molecule has 2 aromatic rings. The Kier molecular flexibility index (Phi) is 3.66. The molecule has 0 N–H and O–H groups in total. The summed E-state index contributed by atoms with van der Waals surface area (Å²) in [5.41, 5.74) is 3.11. The standard InChI is InChI=1S/C14H17F3N4S/c1-8-12(9(2)20(3)19-8)10-5-4-6-21(10)13-18-7-11(22-13)14(15,16)17/h7,10H,4-6H2,1-3H3. The molecule has 120 valence electrons. The van der Waals surface area contributed by atoms with Crippen molar-refractivity contribution in [3.63, 3.8) is 0 Å². The van der Waals surface area contributed by atoms with Gasteiger partial charge in [-0.1, -0.05) is 11.3 Å². The lowest BCUT2D eigenvalue weighted by Gasteiger charge is -2.24. The zero-order chi connectivity index (χ0) is 16.1. The second-order valence-corrected chi connectivity index (χ2v) is 6.57. The van der Waals surface area contributed by atoms with Crippen LogP contribution >= 0.6 is 11.3 Å². The maximum Gasteiger partial charge on any atom is 0.427 e. The first kappa shape index (κ1) is 15.3. The first-order valence-corrected chi connectivity index (χ1v) is 7.90. The molecule has 0 spiro atoms. The van der Waals surface area contributed by atoms with Crippen LogP contribution in [-0.4, -0.2) is 21.3 Å². The van der Waals surface area contributed by atoms with Gasteiger partial charge in [-0.05, 0) is 26.7 Å². The molecule has 1 fully saturated rings. The van der Waals surface area contributed by atoms with E-state index in [-0.39, 0.29) is 6.04 Å². The van der Waals surface area contributed by atoms with Gasteiger partial charge in [0.15, 0.2) is 5.13 Å². The van der Waals surface area contributed by atoms with E-state index in [2.05, 4.69) is 10.1 Å². The van der Waals surface area contributed by atoms with Gasteiger partial charge < -0.3 is 4.90 Å². The molecule has 1 saturated heterocycles. The minimum atomic E-state index is -4.33. The summed E-state index contributed by atoms with van der Waals surface area (Å²) in [5, 5.41) is 4.86. The third-order valence-corrected chi connectivity index (χ3v) is 5.25. The van der Waals surface area contributed by atoms with Crippen LogP contribution in [0.25, 0.3) is 0 Å². The van der Waals surface area contributed by atoms with Crippen molar-refractivity contribution in [2.75, 3.05) is 11.4 Å². The van der Waals surface area contributed by atoms with E-state index in [1.807, 2.05) is 30.5 Å². The third kappa shape index (κ3) is 2.49. The number of rotatable bonds is 2. The molecule has 4 nitrogen and oxygen atoms in total. The molecule has 22 heavy (non-hydrogen) atoms. The number of aromatic nitrogens is 3. The highest BCUT2D eigenvalue weighted by Crippen LogP contribution is 2.42. The number of anilines is 1. The normalized spacial score (nSPS) is 19.2. The second kappa shape index (κ2) is 5.26. The Labute approximate surface area is 130 Å². The van der Waals surface area contributed by atoms with Crippen molar-refractivity contribution in [2.24, 2.45) is 7.05 Å². The molecule has 8 heteroatoms. The Morgan fingerprint density at radius 3 is 2.59 bits per heavy atom. The lowest BCUT2D eigenvalue weighted by atomic mass is 10.0. The van der Waals surface area contributed by atoms with E-state index >= 15 is 0 Å². The SMILES string of the molecule is Cc1nn(C)c(C)c1C1CCCN1c1ncc(C(F)(F)F)s1. The van der Waals surface area contributed by atoms with Gasteiger partial charge in [0, 0.05) is 24.8 Å². The van der Waals surface area contributed by atoms with Crippen molar-refractivity contribution in [3.8, 4) is 0 Å². The summed E-state index contributed by atoms with van der Waals surface area (Å²) in [5.74, 6) is 0. The minimum absolute atomic E-state index is 0.0564. The molecule has 0 aromatic carbocycles. The van der Waals surface area contributed by atoms with Gasteiger partial charge in [0.25, 0.3) is 0 Å². The molecule has 2 aromatic heterocycles. The van der Waals surface area contributed by atoms with Crippen molar-refractivity contribution in [1.82, 2.24) is 14.8 Å². The van der Waals surface area contributed by atoms with Gasteiger partial charge in [0.1, 0.15) is 4.88 Å². The van der Waals surface area contributed by atoms with Crippen LogP contribution in [0.4, 0.5) is 18.3 Å². The lowest BCUT2D eigenvalue weighted by molar-refractivity contribution is -0.134. The number of halogens is 3. The highest BCUT2D eigenvalue weighted by Gasteiger charge is 2.36. The molecule has 3 rings (SSSR count). The van der Waals surface area contributed by atoms with E-state index in [0.717, 1.165) is 42.5 Å². The van der Waals surface area contributed by atoms with Crippen molar-refractivity contribution < 1.29 is 13.2 Å². The molecule has 1 atom stereocenters. The highest BCUT2D eigenvalue weighted by atomic mass is 32.1. The second-order valence-electron chi connectivity index (χ2n) is 5.56. The van der Waals surface area contributed by atoms with Gasteiger partial charge in [-0.2, -0.15) is 18.3 Å². The number of aryl methyl sites for hydroxylation is 2. The summed E-state index contributed by atoms with van der Waals surface area (Å²) in [6.45, 7) is 4.67. The number of thiazole rings is 1. The first-order chi connectivity index (χ1) is 10.3. The van der Waals surface area contributed by atoms with Crippen LogP contribution in [-0.2, 0) is 13.2 Å². The maximum atomic E-state index is 12.8. The molecule has 0 radical (unpaired) electrons. The van der Waals surface area contributed by atoms with Gasteiger partial charge in [0.05, 0.1) is 17.9 Å². The predicted molar refractivity (Wildman–Crippen MR) is 79.1 cm³/mol. The van der Waals surface area contributed by atoms with E-state index < -0.39 is 11.1 Å². The molecular weight excluding hydrogens is 313 g/mol. The molecule has 1 aliphatic heterocycles. The Balaban J connectivity index is 1.95. The summed E-state index contributed by atoms with van der Waals surface area (Å²) < 4.78 is 40.2. The van der Waals surface area contributed by atoms with Crippen LogP contribution < -0.4 is 4.90 Å². The van der Waals surface area contributed by atoms with Crippen LogP contribution in [0.3, 0.4) is 0 Å². The zero-order valence-electron chi connectivity index (χ0n) is 12.6. The fraction of sp³-hybridized carbons (Fsp3) is 0.571. The molecule has 3 heterocycles. The smallest absolute Gasteiger partial charge is 0.341 e. The topological polar surface area (TPSA) is 34.0 Å². The van der Waals surface area contributed by atoms with Gasteiger partial charge in [-0.15, -0.1) is 0 Å². The molecule has 1 unspecified atom stereocenters. The zero-order valence-corrected chi connectivity index (χ0v) is 13.4. The van der Waals surface area contributed by atoms with Crippen LogP contribution in [0.5, 0.6) is 0 Å². The molecular formula is C14H17F3N4S. The molecule has 0 aliphatic carbocycles. The molecule has 0 saturated carbocycles. The van der Waals surface area contributed by atoms with E-state index in [9.17, 15) is 13.2 Å². The Hall–Kier alpha value is -1.57. The van der Waals surface area contributed by atoms with Gasteiger partial charge in [0.2, 0.25) is 0 Å². The largest absolute Gasteiger partial charge is 0.427 e. The van der Waals surface area contributed by atoms with Gasteiger partial charge in [-0.3, -0.25) is 4.68 Å².